The van der Waals surface area contributed by atoms with Gasteiger partial charge in [0.1, 0.15) is 23.0 Å². The van der Waals surface area contributed by atoms with Crippen LogP contribution < -0.4 is 14.2 Å². The maximum absolute atomic E-state index is 12.8. The number of methoxy groups -OCH3 is 1. The lowest BCUT2D eigenvalue weighted by molar-refractivity contribution is -0.135. The number of ether oxygens (including phenoxy) is 3. The quantitative estimate of drug-likeness (QED) is 0.377. The number of hydrogen-bond donors (Lipinski definition) is 0. The fourth-order valence-corrected chi connectivity index (χ4v) is 3.73. The lowest BCUT2D eigenvalue weighted by Gasteiger charge is -2.26. The topological polar surface area (TPSA) is 75.0 Å². The molecule has 1 atom stereocenters. The lowest BCUT2D eigenvalue weighted by Crippen LogP contribution is -2.21. The Kier molecular flexibility index (Phi) is 3.98. The van der Waals surface area contributed by atoms with Crippen molar-refractivity contribution in [1.82, 2.24) is 0 Å². The molecule has 0 N–H and O–H groups in total. The molecule has 2 aromatic carbocycles. The molecule has 0 fully saturated rings. The molecule has 3 heterocycles. The van der Waals surface area contributed by atoms with Crippen molar-refractivity contribution in [3.63, 3.8) is 0 Å². The Hall–Kier alpha value is -3.80. The van der Waals surface area contributed by atoms with Gasteiger partial charge in [0.05, 0.1) is 25.4 Å². The molecule has 5 rings (SSSR count). The van der Waals surface area contributed by atoms with Crippen LogP contribution in [0.2, 0.25) is 0 Å². The number of fused-ring (bicyclic) bond motifs is 3. The van der Waals surface area contributed by atoms with E-state index in [-0.39, 0.29) is 29.9 Å². The minimum Gasteiger partial charge on any atom is -0.497 e. The first kappa shape index (κ1) is 17.3. The van der Waals surface area contributed by atoms with Gasteiger partial charge in [0.2, 0.25) is 5.78 Å². The molecule has 0 bridgehead atoms. The largest absolute Gasteiger partial charge is 0.497 e. The summed E-state index contributed by atoms with van der Waals surface area (Å²) in [6.07, 6.45) is 3.25. The zero-order chi connectivity index (χ0) is 20.0. The highest BCUT2D eigenvalue weighted by Crippen LogP contribution is 2.49. The molecule has 1 unspecified atom stereocenters. The van der Waals surface area contributed by atoms with Crippen molar-refractivity contribution in [2.24, 2.45) is 0 Å². The van der Waals surface area contributed by atoms with E-state index in [4.69, 9.17) is 18.6 Å². The molecule has 0 radical (unpaired) electrons. The summed E-state index contributed by atoms with van der Waals surface area (Å²) in [5.41, 5.74) is 2.05. The molecule has 144 valence electrons. The van der Waals surface area contributed by atoms with Crippen molar-refractivity contribution in [1.29, 1.82) is 0 Å². The standard InChI is InChI=1S/C23H16O6/c1-26-14-6-4-13(5-7-14)17-12-20(24)28-18-9-8-16-22(25)19(29-23(16)21(17)18)11-15-3-2-10-27-15/h2-11,17H,12H2,1H3. The predicted octanol–water partition coefficient (Wildman–Crippen LogP) is 4.35. The number of Topliss-reactive ketones (excluding diaryl/α,β-unsaturated/α-hetero) is 1. The van der Waals surface area contributed by atoms with Crippen molar-refractivity contribution < 1.29 is 28.2 Å². The summed E-state index contributed by atoms with van der Waals surface area (Å²) in [5.74, 6) is 1.41. The van der Waals surface area contributed by atoms with Crippen LogP contribution in [-0.4, -0.2) is 18.9 Å². The average molecular weight is 388 g/mol. The van der Waals surface area contributed by atoms with Gasteiger partial charge < -0.3 is 18.6 Å². The molecule has 3 aromatic rings. The number of furan rings is 1. The van der Waals surface area contributed by atoms with Crippen LogP contribution in [0.25, 0.3) is 6.08 Å². The second-order valence-electron chi connectivity index (χ2n) is 6.81. The van der Waals surface area contributed by atoms with E-state index in [1.807, 2.05) is 24.3 Å². The van der Waals surface area contributed by atoms with Gasteiger partial charge in [0.15, 0.2) is 5.76 Å². The van der Waals surface area contributed by atoms with E-state index in [2.05, 4.69) is 0 Å². The zero-order valence-corrected chi connectivity index (χ0v) is 15.5. The second kappa shape index (κ2) is 6.67. The Labute approximate surface area is 166 Å². The summed E-state index contributed by atoms with van der Waals surface area (Å²) in [4.78, 5) is 25.0. The molecule has 2 aliphatic heterocycles. The minimum absolute atomic E-state index is 0.157. The molecule has 0 saturated heterocycles. The summed E-state index contributed by atoms with van der Waals surface area (Å²) < 4.78 is 21.9. The number of hydrogen-bond acceptors (Lipinski definition) is 6. The van der Waals surface area contributed by atoms with E-state index in [1.165, 1.54) is 6.26 Å². The number of carbonyl (C=O) groups is 2. The van der Waals surface area contributed by atoms with Gasteiger partial charge in [-0.15, -0.1) is 0 Å². The zero-order valence-electron chi connectivity index (χ0n) is 15.5. The molecule has 0 aliphatic carbocycles. The third-order valence-corrected chi connectivity index (χ3v) is 5.11. The van der Waals surface area contributed by atoms with Gasteiger partial charge in [-0.2, -0.15) is 0 Å². The molecular weight excluding hydrogens is 372 g/mol. The Bertz CT molecular complexity index is 1140. The summed E-state index contributed by atoms with van der Waals surface area (Å²) in [7, 11) is 1.60. The molecule has 0 spiro atoms. The van der Waals surface area contributed by atoms with Crippen LogP contribution >= 0.6 is 0 Å². The molecule has 0 saturated carbocycles. The monoisotopic (exact) mass is 388 g/mol. The Morgan fingerprint density at radius 2 is 1.86 bits per heavy atom. The van der Waals surface area contributed by atoms with E-state index in [9.17, 15) is 9.59 Å². The molecule has 29 heavy (non-hydrogen) atoms. The molecule has 6 heteroatoms. The first-order valence-corrected chi connectivity index (χ1v) is 9.13. The maximum atomic E-state index is 12.8. The Balaban J connectivity index is 1.61. The van der Waals surface area contributed by atoms with Crippen molar-refractivity contribution in [2.75, 3.05) is 7.11 Å². The van der Waals surface area contributed by atoms with E-state index < -0.39 is 0 Å². The van der Waals surface area contributed by atoms with Crippen molar-refractivity contribution >= 4 is 17.8 Å². The number of allylic oxidation sites excluding steroid dienone is 1. The van der Waals surface area contributed by atoms with Gasteiger partial charge in [0, 0.05) is 17.6 Å². The molecular formula is C23H16O6. The maximum Gasteiger partial charge on any atom is 0.312 e. The van der Waals surface area contributed by atoms with E-state index >= 15 is 0 Å². The minimum atomic E-state index is -0.325. The third-order valence-electron chi connectivity index (χ3n) is 5.11. The van der Waals surface area contributed by atoms with Gasteiger partial charge >= 0.3 is 5.97 Å². The SMILES string of the molecule is COc1ccc(C2CC(=O)Oc3ccc4c(c32)OC(=Cc2ccco2)C4=O)cc1. The fraction of sp³-hybridized carbons (Fsp3) is 0.130. The highest BCUT2D eigenvalue weighted by molar-refractivity contribution is 6.15. The van der Waals surface area contributed by atoms with Crippen LogP contribution in [0, 0.1) is 0 Å². The number of benzene rings is 2. The number of ketones is 1. The first-order chi connectivity index (χ1) is 14.1. The second-order valence-corrected chi connectivity index (χ2v) is 6.81. The molecule has 6 nitrogen and oxygen atoms in total. The summed E-state index contributed by atoms with van der Waals surface area (Å²) in [6, 6.07) is 14.2. The van der Waals surface area contributed by atoms with Crippen molar-refractivity contribution in [2.45, 2.75) is 12.3 Å². The smallest absolute Gasteiger partial charge is 0.312 e. The third kappa shape index (κ3) is 2.89. The molecule has 2 aliphatic rings. The van der Waals surface area contributed by atoms with Gasteiger partial charge in [-0.3, -0.25) is 9.59 Å². The van der Waals surface area contributed by atoms with Gasteiger partial charge in [-0.1, -0.05) is 12.1 Å². The van der Waals surface area contributed by atoms with Gasteiger partial charge in [0.25, 0.3) is 0 Å². The normalized spacial score (nSPS) is 18.8. The van der Waals surface area contributed by atoms with Crippen LogP contribution in [0.3, 0.4) is 0 Å². The highest BCUT2D eigenvalue weighted by atomic mass is 16.5. The lowest BCUT2D eigenvalue weighted by atomic mass is 9.84. The van der Waals surface area contributed by atoms with Gasteiger partial charge in [-0.05, 0) is 42.0 Å². The summed E-state index contributed by atoms with van der Waals surface area (Å²) in [5, 5.41) is 0. The number of carbonyl (C=O) groups excluding carboxylic acids is 2. The number of esters is 1. The fourth-order valence-electron chi connectivity index (χ4n) is 3.73. The summed E-state index contributed by atoms with van der Waals surface area (Å²) in [6.45, 7) is 0. The van der Waals surface area contributed by atoms with Crippen molar-refractivity contribution in [3.8, 4) is 17.2 Å². The van der Waals surface area contributed by atoms with Crippen LogP contribution in [0.1, 0.15) is 39.6 Å². The van der Waals surface area contributed by atoms with Crippen LogP contribution in [0.15, 0.2) is 65.0 Å². The summed E-state index contributed by atoms with van der Waals surface area (Å²) >= 11 is 0. The van der Waals surface area contributed by atoms with E-state index in [0.29, 0.717) is 28.4 Å². The van der Waals surface area contributed by atoms with Crippen LogP contribution in [-0.2, 0) is 4.79 Å². The average Bonchev–Trinajstić information content (AvgIpc) is 3.36. The van der Waals surface area contributed by atoms with Crippen molar-refractivity contribution in [3.05, 3.63) is 83.0 Å². The molecule has 0 amide bonds. The Morgan fingerprint density at radius 1 is 1.03 bits per heavy atom. The van der Waals surface area contributed by atoms with Crippen LogP contribution in [0.5, 0.6) is 17.2 Å². The highest BCUT2D eigenvalue weighted by Gasteiger charge is 2.38. The predicted molar refractivity (Wildman–Crippen MR) is 103 cm³/mol. The van der Waals surface area contributed by atoms with E-state index in [1.54, 1.807) is 37.5 Å². The van der Waals surface area contributed by atoms with E-state index in [0.717, 1.165) is 11.3 Å². The van der Waals surface area contributed by atoms with Crippen LogP contribution in [0.4, 0.5) is 0 Å². The first-order valence-electron chi connectivity index (χ1n) is 9.13. The van der Waals surface area contributed by atoms with Gasteiger partial charge in [-0.25, -0.2) is 0 Å². The molecule has 1 aromatic heterocycles. The number of rotatable bonds is 3. The Morgan fingerprint density at radius 3 is 2.59 bits per heavy atom.